The maximum atomic E-state index is 13.6. The highest BCUT2D eigenvalue weighted by Gasteiger charge is 2.48. The summed E-state index contributed by atoms with van der Waals surface area (Å²) in [4.78, 5) is 24.2. The predicted octanol–water partition coefficient (Wildman–Crippen LogP) is 3.30. The first-order chi connectivity index (χ1) is 12.4. The van der Waals surface area contributed by atoms with Crippen molar-refractivity contribution >= 4 is 17.5 Å². The second kappa shape index (κ2) is 7.19. The summed E-state index contributed by atoms with van der Waals surface area (Å²) in [5, 5.41) is 4.98. The molecule has 0 saturated heterocycles. The van der Waals surface area contributed by atoms with Gasteiger partial charge in [0.05, 0.1) is 17.5 Å². The number of hydrogen-bond donors (Lipinski definition) is 2. The molecule has 136 valence electrons. The van der Waals surface area contributed by atoms with Gasteiger partial charge in [0, 0.05) is 6.54 Å². The highest BCUT2D eigenvalue weighted by molar-refractivity contribution is 5.99. The topological polar surface area (TPSA) is 58.2 Å². The van der Waals surface area contributed by atoms with Crippen LogP contribution < -0.4 is 10.6 Å². The van der Waals surface area contributed by atoms with Gasteiger partial charge in [-0.1, -0.05) is 24.3 Å². The number of benzene rings is 2. The summed E-state index contributed by atoms with van der Waals surface area (Å²) in [6.45, 7) is 2.29. The first-order valence-corrected chi connectivity index (χ1v) is 8.15. The molecule has 2 aromatic rings. The van der Waals surface area contributed by atoms with E-state index in [2.05, 4.69) is 10.6 Å². The van der Waals surface area contributed by atoms with Gasteiger partial charge in [0.25, 0.3) is 0 Å². The van der Waals surface area contributed by atoms with Gasteiger partial charge in [-0.25, -0.2) is 13.2 Å². The Hall–Kier alpha value is -2.83. The number of halogens is 3. The van der Waals surface area contributed by atoms with Crippen LogP contribution in [0.1, 0.15) is 17.5 Å². The second-order valence-corrected chi connectivity index (χ2v) is 6.31. The molecule has 2 unspecified atom stereocenters. The van der Waals surface area contributed by atoms with Crippen molar-refractivity contribution in [2.24, 2.45) is 11.8 Å². The van der Waals surface area contributed by atoms with Crippen LogP contribution in [0.3, 0.4) is 0 Å². The third kappa shape index (κ3) is 3.71. The van der Waals surface area contributed by atoms with Crippen LogP contribution in [-0.2, 0) is 16.1 Å². The van der Waals surface area contributed by atoms with Gasteiger partial charge in [-0.05, 0) is 36.6 Å². The zero-order valence-corrected chi connectivity index (χ0v) is 14.0. The lowest BCUT2D eigenvalue weighted by Crippen LogP contribution is -2.27. The summed E-state index contributed by atoms with van der Waals surface area (Å²) >= 11 is 0. The molecule has 0 radical (unpaired) electrons. The highest BCUT2D eigenvalue weighted by Crippen LogP contribution is 2.39. The minimum absolute atomic E-state index is 0.265. The van der Waals surface area contributed by atoms with E-state index in [9.17, 15) is 22.8 Å². The largest absolute Gasteiger partial charge is 0.352 e. The van der Waals surface area contributed by atoms with Crippen molar-refractivity contribution in [2.75, 3.05) is 5.32 Å². The molecular formula is C19H17F3N2O2. The Labute approximate surface area is 148 Å². The van der Waals surface area contributed by atoms with Gasteiger partial charge in [0.15, 0.2) is 17.5 Å². The Balaban J connectivity index is 1.55. The van der Waals surface area contributed by atoms with Crippen molar-refractivity contribution in [2.45, 2.75) is 19.9 Å². The molecule has 0 bridgehead atoms. The third-order valence-electron chi connectivity index (χ3n) is 4.47. The molecule has 7 heteroatoms. The van der Waals surface area contributed by atoms with Crippen LogP contribution in [-0.4, -0.2) is 11.8 Å². The third-order valence-corrected chi connectivity index (χ3v) is 4.47. The minimum atomic E-state index is -1.65. The lowest BCUT2D eigenvalue weighted by molar-refractivity contribution is -0.125. The summed E-state index contributed by atoms with van der Waals surface area (Å²) in [5.41, 5.74) is 1.58. The van der Waals surface area contributed by atoms with Gasteiger partial charge < -0.3 is 10.6 Å². The molecule has 1 fully saturated rings. The molecule has 2 atom stereocenters. The fourth-order valence-electron chi connectivity index (χ4n) is 2.74. The molecule has 26 heavy (non-hydrogen) atoms. The smallest absolute Gasteiger partial charge is 0.228 e. The summed E-state index contributed by atoms with van der Waals surface area (Å²) < 4.78 is 39.7. The van der Waals surface area contributed by atoms with Gasteiger partial charge in [-0.15, -0.1) is 0 Å². The van der Waals surface area contributed by atoms with Crippen molar-refractivity contribution in [3.05, 3.63) is 65.0 Å². The number of rotatable bonds is 5. The number of hydrogen-bond acceptors (Lipinski definition) is 2. The summed E-state index contributed by atoms with van der Waals surface area (Å²) in [6, 6.07) is 9.29. The first kappa shape index (κ1) is 18.0. The highest BCUT2D eigenvalue weighted by atomic mass is 19.2. The molecule has 2 amide bonds. The average Bonchev–Trinajstić information content (AvgIpc) is 3.42. The molecule has 3 rings (SSSR count). The van der Waals surface area contributed by atoms with E-state index in [1.165, 1.54) is 0 Å². The van der Waals surface area contributed by atoms with E-state index < -0.39 is 40.9 Å². The number of carbonyl (C=O) groups excluding carboxylic acids is 2. The van der Waals surface area contributed by atoms with Crippen LogP contribution in [0.5, 0.6) is 0 Å². The molecule has 0 aliphatic heterocycles. The Kier molecular flexibility index (Phi) is 4.97. The van der Waals surface area contributed by atoms with Gasteiger partial charge in [-0.2, -0.15) is 0 Å². The van der Waals surface area contributed by atoms with Crippen LogP contribution in [0.25, 0.3) is 0 Å². The van der Waals surface area contributed by atoms with Gasteiger partial charge in [0.1, 0.15) is 0 Å². The van der Waals surface area contributed by atoms with Crippen LogP contribution in [0.15, 0.2) is 36.4 Å². The molecule has 0 aromatic heterocycles. The monoisotopic (exact) mass is 362 g/mol. The maximum Gasteiger partial charge on any atom is 0.228 e. The fraction of sp³-hybridized carbons (Fsp3) is 0.263. The van der Waals surface area contributed by atoms with E-state index in [4.69, 9.17) is 0 Å². The normalized spacial score (nSPS) is 18.3. The van der Waals surface area contributed by atoms with E-state index in [-0.39, 0.29) is 5.91 Å². The Morgan fingerprint density at radius 1 is 1.00 bits per heavy atom. The molecule has 2 N–H and O–H groups in total. The molecular weight excluding hydrogens is 345 g/mol. The van der Waals surface area contributed by atoms with Crippen molar-refractivity contribution in [3.63, 3.8) is 0 Å². The van der Waals surface area contributed by atoms with Gasteiger partial charge in [-0.3, -0.25) is 9.59 Å². The average molecular weight is 362 g/mol. The van der Waals surface area contributed by atoms with E-state index in [0.29, 0.717) is 13.0 Å². The summed E-state index contributed by atoms with van der Waals surface area (Å²) in [7, 11) is 0. The van der Waals surface area contributed by atoms with Crippen molar-refractivity contribution in [1.29, 1.82) is 0 Å². The number of aryl methyl sites for hydroxylation is 1. The van der Waals surface area contributed by atoms with E-state index >= 15 is 0 Å². The van der Waals surface area contributed by atoms with Crippen molar-refractivity contribution < 1.29 is 22.8 Å². The molecule has 1 aliphatic rings. The Morgan fingerprint density at radius 2 is 1.69 bits per heavy atom. The maximum absolute atomic E-state index is 13.6. The lowest BCUT2D eigenvalue weighted by Gasteiger charge is -2.09. The lowest BCUT2D eigenvalue weighted by atomic mass is 10.1. The van der Waals surface area contributed by atoms with E-state index in [1.54, 1.807) is 0 Å². The first-order valence-electron chi connectivity index (χ1n) is 8.15. The molecule has 0 heterocycles. The standard InChI is InChI=1S/C19H17F3N2O2/c1-10-4-2-3-5-11(10)9-23-18(25)12-8-13(12)19(26)24-15-7-6-14(20)16(21)17(15)22/h2-7,12-13H,8-9H2,1H3,(H,23,25)(H,24,26). The fourth-order valence-corrected chi connectivity index (χ4v) is 2.74. The van der Waals surface area contributed by atoms with Crippen LogP contribution in [0.4, 0.5) is 18.9 Å². The summed E-state index contributed by atoms with van der Waals surface area (Å²) in [6.07, 6.45) is 0.330. The molecule has 2 aromatic carbocycles. The zero-order valence-electron chi connectivity index (χ0n) is 14.0. The molecule has 4 nitrogen and oxygen atoms in total. The van der Waals surface area contributed by atoms with E-state index in [0.717, 1.165) is 23.3 Å². The summed E-state index contributed by atoms with van der Waals surface area (Å²) in [5.74, 6) is -6.41. The second-order valence-electron chi connectivity index (χ2n) is 6.31. The molecule has 0 spiro atoms. The SMILES string of the molecule is Cc1ccccc1CNC(=O)C1CC1C(=O)Nc1ccc(F)c(F)c1F. The molecule has 1 aliphatic carbocycles. The molecule has 1 saturated carbocycles. The zero-order chi connectivity index (χ0) is 18.8. The predicted molar refractivity (Wildman–Crippen MR) is 89.6 cm³/mol. The Morgan fingerprint density at radius 3 is 2.42 bits per heavy atom. The van der Waals surface area contributed by atoms with Crippen molar-refractivity contribution in [1.82, 2.24) is 5.32 Å². The number of anilines is 1. The Bertz CT molecular complexity index is 870. The van der Waals surface area contributed by atoms with Crippen molar-refractivity contribution in [3.8, 4) is 0 Å². The quantitative estimate of drug-likeness (QED) is 0.802. The number of carbonyl (C=O) groups is 2. The van der Waals surface area contributed by atoms with Crippen LogP contribution >= 0.6 is 0 Å². The van der Waals surface area contributed by atoms with Gasteiger partial charge >= 0.3 is 0 Å². The minimum Gasteiger partial charge on any atom is -0.352 e. The van der Waals surface area contributed by atoms with Crippen LogP contribution in [0, 0.1) is 36.2 Å². The van der Waals surface area contributed by atoms with E-state index in [1.807, 2.05) is 31.2 Å². The van der Waals surface area contributed by atoms with Gasteiger partial charge in [0.2, 0.25) is 11.8 Å². The number of nitrogens with one attached hydrogen (secondary N) is 2. The van der Waals surface area contributed by atoms with Crippen LogP contribution in [0.2, 0.25) is 0 Å². The number of amides is 2.